The first-order valence-electron chi connectivity index (χ1n) is 7.10. The van der Waals surface area contributed by atoms with Crippen molar-refractivity contribution in [1.82, 2.24) is 14.7 Å². The van der Waals surface area contributed by atoms with Gasteiger partial charge in [-0.3, -0.25) is 9.58 Å². The summed E-state index contributed by atoms with van der Waals surface area (Å²) >= 11 is 0. The second kappa shape index (κ2) is 5.81. The fourth-order valence-corrected chi connectivity index (χ4v) is 2.88. The summed E-state index contributed by atoms with van der Waals surface area (Å²) in [6.07, 6.45) is 3.89. The molecule has 0 fully saturated rings. The average molecular weight is 275 g/mol. The third kappa shape index (κ3) is 2.64. The molecule has 0 saturated carbocycles. The third-order valence-corrected chi connectivity index (χ3v) is 3.78. The number of aryl methyl sites for hydroxylation is 1. The second-order valence-corrected chi connectivity index (χ2v) is 5.30. The molecule has 1 atom stereocenters. The van der Waals surface area contributed by atoms with Crippen LogP contribution in [0.3, 0.4) is 0 Å². The largest absolute Gasteiger partial charge is 0.468 e. The van der Waals surface area contributed by atoms with E-state index in [1.165, 1.54) is 11.3 Å². The smallest absolute Gasteiger partial charge is 0.117 e. The lowest BCUT2D eigenvalue weighted by molar-refractivity contribution is 0.130. The number of aromatic nitrogens is 2. The highest BCUT2D eigenvalue weighted by Gasteiger charge is 2.28. The van der Waals surface area contributed by atoms with Crippen LogP contribution in [-0.4, -0.2) is 34.9 Å². The fraction of sp³-hybridized carbons (Fsp3) is 0.533. The van der Waals surface area contributed by atoms with E-state index in [0.29, 0.717) is 12.5 Å². The molecule has 3 rings (SSSR count). The topological polar surface area (TPSA) is 43.4 Å². The predicted octanol–water partition coefficient (Wildman–Crippen LogP) is 2.24. The van der Waals surface area contributed by atoms with Crippen LogP contribution in [0.25, 0.3) is 0 Å². The summed E-state index contributed by atoms with van der Waals surface area (Å²) in [6.45, 7) is 6.46. The number of hydrogen-bond acceptors (Lipinski definition) is 4. The zero-order valence-electron chi connectivity index (χ0n) is 12.1. The molecule has 0 saturated heterocycles. The molecule has 0 amide bonds. The standard InChI is InChI=1S/C15H21N3O2/c1-3-18-9-12-7-17(10-14-5-4-6-20-14)8-13(11-19-2)15(12)16-18/h4-6,9,13H,3,7-8,10-11H2,1-2H3. The van der Waals surface area contributed by atoms with Gasteiger partial charge in [-0.05, 0) is 19.1 Å². The highest BCUT2D eigenvalue weighted by molar-refractivity contribution is 5.25. The first kappa shape index (κ1) is 13.4. The number of ether oxygens (including phenoxy) is 1. The third-order valence-electron chi connectivity index (χ3n) is 3.78. The SMILES string of the molecule is CCn1cc2c(n1)C(COC)CN(Cc1ccco1)C2. The Morgan fingerprint density at radius 1 is 1.50 bits per heavy atom. The van der Waals surface area contributed by atoms with E-state index >= 15 is 0 Å². The van der Waals surface area contributed by atoms with Gasteiger partial charge in [0.05, 0.1) is 25.1 Å². The lowest BCUT2D eigenvalue weighted by atomic mass is 9.97. The van der Waals surface area contributed by atoms with Gasteiger partial charge < -0.3 is 9.15 Å². The Balaban J connectivity index is 1.80. The molecule has 1 aliphatic heterocycles. The van der Waals surface area contributed by atoms with Crippen molar-refractivity contribution >= 4 is 0 Å². The van der Waals surface area contributed by atoms with Gasteiger partial charge in [-0.25, -0.2) is 0 Å². The molecule has 0 spiro atoms. The van der Waals surface area contributed by atoms with Crippen LogP contribution >= 0.6 is 0 Å². The van der Waals surface area contributed by atoms with Crippen molar-refractivity contribution in [3.63, 3.8) is 0 Å². The van der Waals surface area contributed by atoms with Gasteiger partial charge in [0.1, 0.15) is 5.76 Å². The number of fused-ring (bicyclic) bond motifs is 1. The summed E-state index contributed by atoms with van der Waals surface area (Å²) in [5, 5.41) is 4.69. The van der Waals surface area contributed by atoms with Gasteiger partial charge in [-0.1, -0.05) is 0 Å². The van der Waals surface area contributed by atoms with Crippen LogP contribution in [0.2, 0.25) is 0 Å². The van der Waals surface area contributed by atoms with Crippen molar-refractivity contribution in [3.8, 4) is 0 Å². The van der Waals surface area contributed by atoms with Gasteiger partial charge in [0, 0.05) is 44.4 Å². The minimum absolute atomic E-state index is 0.339. The van der Waals surface area contributed by atoms with Crippen molar-refractivity contribution in [2.24, 2.45) is 0 Å². The lowest BCUT2D eigenvalue weighted by Crippen LogP contribution is -2.34. The number of furan rings is 1. The van der Waals surface area contributed by atoms with Crippen LogP contribution in [0.4, 0.5) is 0 Å². The van der Waals surface area contributed by atoms with E-state index in [-0.39, 0.29) is 0 Å². The Kier molecular flexibility index (Phi) is 3.89. The van der Waals surface area contributed by atoms with E-state index in [2.05, 4.69) is 23.1 Å². The maximum absolute atomic E-state index is 5.45. The molecular formula is C15H21N3O2. The van der Waals surface area contributed by atoms with Gasteiger partial charge in [-0.2, -0.15) is 5.10 Å². The molecule has 5 nitrogen and oxygen atoms in total. The number of hydrogen-bond donors (Lipinski definition) is 0. The molecule has 0 aromatic carbocycles. The van der Waals surface area contributed by atoms with E-state index < -0.39 is 0 Å². The molecular weight excluding hydrogens is 254 g/mol. The molecule has 2 aromatic rings. The Morgan fingerprint density at radius 2 is 2.40 bits per heavy atom. The van der Waals surface area contributed by atoms with E-state index in [9.17, 15) is 0 Å². The van der Waals surface area contributed by atoms with Crippen molar-refractivity contribution in [3.05, 3.63) is 41.6 Å². The van der Waals surface area contributed by atoms with Gasteiger partial charge in [0.2, 0.25) is 0 Å². The monoisotopic (exact) mass is 275 g/mol. The van der Waals surface area contributed by atoms with Crippen molar-refractivity contribution in [2.45, 2.75) is 32.5 Å². The quantitative estimate of drug-likeness (QED) is 0.839. The maximum atomic E-state index is 5.45. The van der Waals surface area contributed by atoms with Crippen LogP contribution < -0.4 is 0 Å². The minimum atomic E-state index is 0.339. The Morgan fingerprint density at radius 3 is 3.10 bits per heavy atom. The van der Waals surface area contributed by atoms with Crippen LogP contribution in [0, 0.1) is 0 Å². The molecule has 5 heteroatoms. The van der Waals surface area contributed by atoms with Crippen molar-refractivity contribution in [2.75, 3.05) is 20.3 Å². The second-order valence-electron chi connectivity index (χ2n) is 5.30. The van der Waals surface area contributed by atoms with Crippen molar-refractivity contribution < 1.29 is 9.15 Å². The van der Waals surface area contributed by atoms with E-state index in [1.54, 1.807) is 13.4 Å². The van der Waals surface area contributed by atoms with Crippen LogP contribution in [0.1, 0.15) is 29.9 Å². The summed E-state index contributed by atoms with van der Waals surface area (Å²) in [5.74, 6) is 1.35. The van der Waals surface area contributed by atoms with Crippen molar-refractivity contribution in [1.29, 1.82) is 0 Å². The van der Waals surface area contributed by atoms with E-state index in [1.807, 2.05) is 16.8 Å². The molecule has 3 heterocycles. The molecule has 0 bridgehead atoms. The normalized spacial score (nSPS) is 19.2. The molecule has 1 aliphatic rings. The highest BCUT2D eigenvalue weighted by atomic mass is 16.5. The van der Waals surface area contributed by atoms with Crippen LogP contribution in [0.5, 0.6) is 0 Å². The number of methoxy groups -OCH3 is 1. The molecule has 0 radical (unpaired) electrons. The Labute approximate surface area is 119 Å². The van der Waals surface area contributed by atoms with Crippen LogP contribution in [-0.2, 0) is 24.4 Å². The van der Waals surface area contributed by atoms with E-state index in [4.69, 9.17) is 9.15 Å². The molecule has 2 aromatic heterocycles. The summed E-state index contributed by atoms with van der Waals surface area (Å²) < 4.78 is 12.8. The first-order chi connectivity index (χ1) is 9.80. The molecule has 20 heavy (non-hydrogen) atoms. The first-order valence-corrected chi connectivity index (χ1v) is 7.10. The van der Waals surface area contributed by atoms with Gasteiger partial charge >= 0.3 is 0 Å². The number of nitrogens with zero attached hydrogens (tertiary/aromatic N) is 3. The molecule has 108 valence electrons. The predicted molar refractivity (Wildman–Crippen MR) is 75.3 cm³/mol. The fourth-order valence-electron chi connectivity index (χ4n) is 2.88. The lowest BCUT2D eigenvalue weighted by Gasteiger charge is -2.30. The van der Waals surface area contributed by atoms with Gasteiger partial charge in [0.15, 0.2) is 0 Å². The molecule has 0 aliphatic carbocycles. The summed E-state index contributed by atoms with van der Waals surface area (Å²) in [5.41, 5.74) is 2.51. The van der Waals surface area contributed by atoms with Gasteiger partial charge in [0.25, 0.3) is 0 Å². The molecule has 1 unspecified atom stereocenters. The highest BCUT2D eigenvalue weighted by Crippen LogP contribution is 2.28. The maximum Gasteiger partial charge on any atom is 0.117 e. The van der Waals surface area contributed by atoms with E-state index in [0.717, 1.165) is 31.9 Å². The number of rotatable bonds is 5. The summed E-state index contributed by atoms with van der Waals surface area (Å²) in [7, 11) is 1.75. The zero-order valence-corrected chi connectivity index (χ0v) is 12.1. The summed E-state index contributed by atoms with van der Waals surface area (Å²) in [4.78, 5) is 2.40. The Hall–Kier alpha value is -1.59. The minimum Gasteiger partial charge on any atom is -0.468 e. The molecule has 0 N–H and O–H groups in total. The summed E-state index contributed by atoms with van der Waals surface area (Å²) in [6, 6.07) is 3.96. The average Bonchev–Trinajstić information content (AvgIpc) is 3.08. The zero-order chi connectivity index (χ0) is 13.9. The Bertz CT molecular complexity index is 547. The van der Waals surface area contributed by atoms with Gasteiger partial charge in [-0.15, -0.1) is 0 Å². The van der Waals surface area contributed by atoms with Crippen LogP contribution in [0.15, 0.2) is 29.0 Å².